The summed E-state index contributed by atoms with van der Waals surface area (Å²) in [5.74, 6) is 0.0795. The largest absolute Gasteiger partial charge is 0.378 e. The van der Waals surface area contributed by atoms with Crippen LogP contribution in [0.1, 0.15) is 36.7 Å². The number of amides is 1. The second-order valence-electron chi connectivity index (χ2n) is 7.87. The van der Waals surface area contributed by atoms with Crippen molar-refractivity contribution in [2.24, 2.45) is 7.05 Å². The lowest BCUT2D eigenvalue weighted by Gasteiger charge is -2.30. The van der Waals surface area contributed by atoms with Crippen LogP contribution in [0.4, 0.5) is 5.69 Å². The van der Waals surface area contributed by atoms with E-state index in [1.807, 2.05) is 12.1 Å². The first-order valence-electron chi connectivity index (χ1n) is 10.1. The molecule has 1 aliphatic rings. The average Bonchev–Trinajstić information content (AvgIpc) is 2.98. The van der Waals surface area contributed by atoms with Crippen molar-refractivity contribution in [1.82, 2.24) is 14.7 Å². The van der Waals surface area contributed by atoms with E-state index < -0.39 is 10.0 Å². The molecule has 1 aromatic heterocycles. The number of aryl methyl sites for hydroxylation is 2. The molecule has 30 heavy (non-hydrogen) atoms. The van der Waals surface area contributed by atoms with Gasteiger partial charge < -0.3 is 9.64 Å². The van der Waals surface area contributed by atoms with Crippen molar-refractivity contribution < 1.29 is 17.9 Å². The molecular formula is C21H30N4O4S. The zero-order chi connectivity index (χ0) is 22.1. The Labute approximate surface area is 178 Å². The molecule has 1 saturated heterocycles. The van der Waals surface area contributed by atoms with Gasteiger partial charge in [-0.1, -0.05) is 26.0 Å². The minimum absolute atomic E-state index is 0.146. The number of hydrogen-bond donors (Lipinski definition) is 0. The van der Waals surface area contributed by atoms with E-state index >= 15 is 0 Å². The Morgan fingerprint density at radius 3 is 2.27 bits per heavy atom. The first-order chi connectivity index (χ1) is 14.1. The number of rotatable bonds is 6. The summed E-state index contributed by atoms with van der Waals surface area (Å²) in [6, 6.07) is 7.34. The van der Waals surface area contributed by atoms with Crippen LogP contribution >= 0.6 is 0 Å². The zero-order valence-electron chi connectivity index (χ0n) is 18.3. The van der Waals surface area contributed by atoms with Gasteiger partial charge in [0, 0.05) is 20.1 Å². The molecule has 164 valence electrons. The lowest BCUT2D eigenvalue weighted by Crippen LogP contribution is -2.47. The third kappa shape index (κ3) is 4.37. The fraction of sp³-hybridized carbons (Fsp3) is 0.524. The second-order valence-corrected chi connectivity index (χ2v) is 9.67. The smallest absolute Gasteiger partial charge is 0.268 e. The van der Waals surface area contributed by atoms with Crippen LogP contribution in [0.5, 0.6) is 0 Å². The van der Waals surface area contributed by atoms with Gasteiger partial charge in [0.15, 0.2) is 0 Å². The lowest BCUT2D eigenvalue weighted by atomic mass is 10.0. The van der Waals surface area contributed by atoms with E-state index in [1.54, 1.807) is 42.6 Å². The minimum atomic E-state index is -3.99. The molecule has 0 bridgehead atoms. The molecule has 2 heterocycles. The topological polar surface area (TPSA) is 84.7 Å². The van der Waals surface area contributed by atoms with E-state index in [-0.39, 0.29) is 17.3 Å². The summed E-state index contributed by atoms with van der Waals surface area (Å²) < 4.78 is 35.5. The van der Waals surface area contributed by atoms with Crippen LogP contribution in [0.3, 0.4) is 0 Å². The van der Waals surface area contributed by atoms with E-state index in [2.05, 4.69) is 18.9 Å². The summed E-state index contributed by atoms with van der Waals surface area (Å²) in [6.45, 7) is 9.12. The molecule has 0 N–H and O–H groups in total. The summed E-state index contributed by atoms with van der Waals surface area (Å²) >= 11 is 0. The summed E-state index contributed by atoms with van der Waals surface area (Å²) in [7, 11) is -2.28. The zero-order valence-corrected chi connectivity index (χ0v) is 19.1. The van der Waals surface area contributed by atoms with E-state index in [9.17, 15) is 13.2 Å². The first-order valence-corrected chi connectivity index (χ1v) is 11.6. The van der Waals surface area contributed by atoms with Gasteiger partial charge in [0.2, 0.25) is 5.91 Å². The van der Waals surface area contributed by atoms with Crippen molar-refractivity contribution >= 4 is 21.6 Å². The minimum Gasteiger partial charge on any atom is -0.378 e. The maximum Gasteiger partial charge on any atom is 0.268 e. The summed E-state index contributed by atoms with van der Waals surface area (Å²) in [6.07, 6.45) is 0. The number of carbonyl (C=O) groups excluding carboxylic acids is 1. The Hall–Kier alpha value is -2.39. The second kappa shape index (κ2) is 8.77. The molecule has 0 saturated carbocycles. The van der Waals surface area contributed by atoms with Crippen LogP contribution < -0.4 is 4.31 Å². The highest BCUT2D eigenvalue weighted by Crippen LogP contribution is 2.29. The number of nitrogens with zero attached hydrogens (tertiary/aromatic N) is 4. The molecule has 9 heteroatoms. The Bertz CT molecular complexity index is 1010. The van der Waals surface area contributed by atoms with Crippen LogP contribution in [-0.4, -0.2) is 61.9 Å². The number of ether oxygens (including phenoxy) is 1. The summed E-state index contributed by atoms with van der Waals surface area (Å²) in [4.78, 5) is 14.7. The highest BCUT2D eigenvalue weighted by atomic mass is 32.2. The highest BCUT2D eigenvalue weighted by Gasteiger charge is 2.33. The van der Waals surface area contributed by atoms with Crippen molar-refractivity contribution in [1.29, 1.82) is 0 Å². The molecule has 1 aliphatic heterocycles. The first kappa shape index (κ1) is 22.3. The quantitative estimate of drug-likeness (QED) is 0.696. The van der Waals surface area contributed by atoms with Gasteiger partial charge in [-0.05, 0) is 37.5 Å². The third-order valence-corrected chi connectivity index (χ3v) is 7.51. The number of aromatic nitrogens is 2. The van der Waals surface area contributed by atoms with Gasteiger partial charge in [-0.3, -0.25) is 13.8 Å². The molecule has 0 atom stereocenters. The molecule has 3 rings (SSSR count). The number of carbonyl (C=O) groups is 1. The number of sulfonamides is 1. The fourth-order valence-electron chi connectivity index (χ4n) is 3.61. The standard InChI is InChI=1S/C21H30N4O4S/c1-15(2)18-6-8-19(9-7-18)25(14-20(26)24-10-12-29-13-11-24)30(27,28)21-16(3)22-23(5)17(21)4/h6-9,15H,10-14H2,1-5H3. The fourth-order valence-corrected chi connectivity index (χ4v) is 5.43. The van der Waals surface area contributed by atoms with Crippen molar-refractivity contribution in [3.63, 3.8) is 0 Å². The Morgan fingerprint density at radius 2 is 1.77 bits per heavy atom. The molecule has 1 aromatic carbocycles. The maximum absolute atomic E-state index is 13.7. The highest BCUT2D eigenvalue weighted by molar-refractivity contribution is 7.93. The van der Waals surface area contributed by atoms with E-state index in [4.69, 9.17) is 4.74 Å². The number of hydrogen-bond acceptors (Lipinski definition) is 5. The van der Waals surface area contributed by atoms with E-state index in [0.29, 0.717) is 49.3 Å². The molecular weight excluding hydrogens is 404 g/mol. The number of morpholine rings is 1. The third-order valence-electron chi connectivity index (χ3n) is 5.48. The monoisotopic (exact) mass is 434 g/mol. The molecule has 0 unspecified atom stereocenters. The van der Waals surface area contributed by atoms with Gasteiger partial charge >= 0.3 is 0 Å². The van der Waals surface area contributed by atoms with Gasteiger partial charge in [-0.15, -0.1) is 0 Å². The molecule has 0 radical (unpaired) electrons. The molecule has 8 nitrogen and oxygen atoms in total. The summed E-state index contributed by atoms with van der Waals surface area (Å²) in [5.41, 5.74) is 2.51. The van der Waals surface area contributed by atoms with Crippen LogP contribution in [0.2, 0.25) is 0 Å². The SMILES string of the molecule is Cc1nn(C)c(C)c1S(=O)(=O)N(CC(=O)N1CCOCC1)c1ccc(C(C)C)cc1. The van der Waals surface area contributed by atoms with Crippen LogP contribution in [0.15, 0.2) is 29.2 Å². The molecule has 1 fully saturated rings. The van der Waals surface area contributed by atoms with Gasteiger partial charge in [-0.2, -0.15) is 5.10 Å². The van der Waals surface area contributed by atoms with Crippen LogP contribution in [0.25, 0.3) is 0 Å². The van der Waals surface area contributed by atoms with Crippen molar-refractivity contribution in [2.45, 2.75) is 38.5 Å². The van der Waals surface area contributed by atoms with Crippen molar-refractivity contribution in [3.8, 4) is 0 Å². The summed E-state index contributed by atoms with van der Waals surface area (Å²) in [5, 5.41) is 4.26. The van der Waals surface area contributed by atoms with Crippen molar-refractivity contribution in [3.05, 3.63) is 41.2 Å². The number of anilines is 1. The van der Waals surface area contributed by atoms with Gasteiger partial charge in [0.25, 0.3) is 10.0 Å². The normalized spacial score (nSPS) is 14.9. The molecule has 2 aromatic rings. The van der Waals surface area contributed by atoms with Gasteiger partial charge in [0.1, 0.15) is 11.4 Å². The van der Waals surface area contributed by atoms with Crippen LogP contribution in [0, 0.1) is 13.8 Å². The van der Waals surface area contributed by atoms with Gasteiger partial charge in [-0.25, -0.2) is 8.42 Å². The maximum atomic E-state index is 13.7. The molecule has 0 spiro atoms. The Kier molecular flexibility index (Phi) is 6.52. The molecule has 1 amide bonds. The van der Waals surface area contributed by atoms with Crippen molar-refractivity contribution in [2.75, 3.05) is 37.2 Å². The Morgan fingerprint density at radius 1 is 1.17 bits per heavy atom. The van der Waals surface area contributed by atoms with Crippen LogP contribution in [-0.2, 0) is 26.6 Å². The Balaban J connectivity index is 2.03. The lowest BCUT2D eigenvalue weighted by molar-refractivity contribution is -0.133. The van der Waals surface area contributed by atoms with E-state index in [1.165, 1.54) is 4.31 Å². The predicted molar refractivity (Wildman–Crippen MR) is 115 cm³/mol. The number of benzene rings is 1. The van der Waals surface area contributed by atoms with Gasteiger partial charge in [0.05, 0.1) is 30.3 Å². The average molecular weight is 435 g/mol. The predicted octanol–water partition coefficient (Wildman–Crippen LogP) is 2.21. The molecule has 0 aliphatic carbocycles. The van der Waals surface area contributed by atoms with E-state index in [0.717, 1.165) is 5.56 Å².